The van der Waals surface area contributed by atoms with E-state index >= 15 is 0 Å². The van der Waals surface area contributed by atoms with Crippen LogP contribution >= 0.6 is 27.5 Å². The maximum absolute atomic E-state index is 12.1. The second-order valence-electron chi connectivity index (χ2n) is 5.08. The highest BCUT2D eigenvalue weighted by Crippen LogP contribution is 2.36. The summed E-state index contributed by atoms with van der Waals surface area (Å²) in [6, 6.07) is 4.24. The molecule has 1 heterocycles. The number of amides is 1. The third-order valence-corrected chi connectivity index (χ3v) is 4.16. The molecule has 0 aliphatic carbocycles. The zero-order chi connectivity index (χ0) is 15.7. The van der Waals surface area contributed by atoms with Gasteiger partial charge in [0.1, 0.15) is 6.61 Å². The Hall–Kier alpha value is -1.11. The Balaban J connectivity index is 2.54. The number of nitrogens with zero attached hydrogens (tertiary/aromatic N) is 1. The van der Waals surface area contributed by atoms with Crippen molar-refractivity contribution in [3.05, 3.63) is 33.3 Å². The number of carboxylic acid groups (broad SMARTS) is 1. The summed E-state index contributed by atoms with van der Waals surface area (Å²) in [6.45, 7) is 3.43. The molecule has 1 fully saturated rings. The molecule has 1 amide bonds. The Kier molecular flexibility index (Phi) is 4.91. The zero-order valence-corrected chi connectivity index (χ0v) is 13.9. The third kappa shape index (κ3) is 3.22. The Bertz CT molecular complexity index is 578. The fraction of sp³-hybridized carbons (Fsp3) is 0.429. The van der Waals surface area contributed by atoms with Gasteiger partial charge in [0.25, 0.3) is 0 Å². The van der Waals surface area contributed by atoms with Crippen LogP contribution in [0, 0.1) is 0 Å². The van der Waals surface area contributed by atoms with Gasteiger partial charge in [0.15, 0.2) is 6.10 Å². The predicted molar refractivity (Wildman–Crippen MR) is 81.3 cm³/mol. The summed E-state index contributed by atoms with van der Waals surface area (Å²) in [7, 11) is 0. The quantitative estimate of drug-likeness (QED) is 0.881. The molecule has 2 atom stereocenters. The molecule has 1 aromatic rings. The van der Waals surface area contributed by atoms with Crippen LogP contribution in [0.15, 0.2) is 22.7 Å². The summed E-state index contributed by atoms with van der Waals surface area (Å²) in [6.07, 6.45) is -1.14. The summed E-state index contributed by atoms with van der Waals surface area (Å²) >= 11 is 9.54. The number of hydrogen-bond acceptors (Lipinski definition) is 3. The number of halogens is 2. The van der Waals surface area contributed by atoms with Crippen molar-refractivity contribution in [1.29, 1.82) is 0 Å². The molecule has 0 saturated carbocycles. The van der Waals surface area contributed by atoms with Gasteiger partial charge in [-0.1, -0.05) is 33.6 Å². The predicted octanol–water partition coefficient (Wildman–Crippen LogP) is 2.86. The number of benzene rings is 1. The first-order valence-electron chi connectivity index (χ1n) is 6.43. The summed E-state index contributed by atoms with van der Waals surface area (Å²) in [5.41, 5.74) is 0.564. The van der Waals surface area contributed by atoms with E-state index in [2.05, 4.69) is 15.9 Å². The molecule has 5 nitrogen and oxygen atoms in total. The van der Waals surface area contributed by atoms with E-state index in [-0.39, 0.29) is 18.6 Å². The molecule has 0 spiro atoms. The lowest BCUT2D eigenvalue weighted by atomic mass is 9.96. The van der Waals surface area contributed by atoms with E-state index in [1.165, 1.54) is 4.90 Å². The van der Waals surface area contributed by atoms with Crippen molar-refractivity contribution < 1.29 is 19.4 Å². The molecule has 2 rings (SSSR count). The van der Waals surface area contributed by atoms with E-state index in [4.69, 9.17) is 16.3 Å². The number of carbonyl (C=O) groups is 2. The highest BCUT2D eigenvalue weighted by molar-refractivity contribution is 9.10. The minimum absolute atomic E-state index is 0.159. The van der Waals surface area contributed by atoms with Gasteiger partial charge in [-0.15, -0.1) is 0 Å². The SMILES string of the molecule is CC(C)N1C(=O)COC(C(=O)O)C1c1ccc(Br)cc1Cl. The number of carbonyl (C=O) groups excluding carboxylic acids is 1. The van der Waals surface area contributed by atoms with Crippen molar-refractivity contribution in [1.82, 2.24) is 4.90 Å². The number of aliphatic carboxylic acids is 1. The number of hydrogen-bond donors (Lipinski definition) is 1. The van der Waals surface area contributed by atoms with E-state index in [9.17, 15) is 14.7 Å². The molecule has 1 aliphatic rings. The topological polar surface area (TPSA) is 66.8 Å². The minimum Gasteiger partial charge on any atom is -0.479 e. The van der Waals surface area contributed by atoms with Gasteiger partial charge in [0.05, 0.1) is 6.04 Å². The average Bonchev–Trinajstić information content (AvgIpc) is 2.37. The van der Waals surface area contributed by atoms with E-state index in [1.54, 1.807) is 18.2 Å². The Morgan fingerprint density at radius 1 is 1.52 bits per heavy atom. The Labute approximate surface area is 136 Å². The second kappa shape index (κ2) is 6.34. The minimum atomic E-state index is -1.14. The first-order chi connectivity index (χ1) is 9.82. The number of rotatable bonds is 3. The maximum atomic E-state index is 12.1. The van der Waals surface area contributed by atoms with Crippen molar-refractivity contribution in [3.8, 4) is 0 Å². The van der Waals surface area contributed by atoms with Crippen molar-refractivity contribution >= 4 is 39.4 Å². The molecule has 1 N–H and O–H groups in total. The van der Waals surface area contributed by atoms with Gasteiger partial charge in [0, 0.05) is 15.5 Å². The molecule has 0 bridgehead atoms. The smallest absolute Gasteiger partial charge is 0.335 e. The summed E-state index contributed by atoms with van der Waals surface area (Å²) < 4.78 is 6.00. The first kappa shape index (κ1) is 16.3. The molecule has 2 unspecified atom stereocenters. The normalized spacial score (nSPS) is 22.7. The van der Waals surface area contributed by atoms with Crippen LogP contribution in [-0.2, 0) is 14.3 Å². The first-order valence-corrected chi connectivity index (χ1v) is 7.60. The van der Waals surface area contributed by atoms with Gasteiger partial charge in [-0.05, 0) is 31.5 Å². The van der Waals surface area contributed by atoms with Crippen LogP contribution in [-0.4, -0.2) is 40.6 Å². The average molecular weight is 377 g/mol. The lowest BCUT2D eigenvalue weighted by Crippen LogP contribution is -2.54. The van der Waals surface area contributed by atoms with Crippen molar-refractivity contribution in [2.75, 3.05) is 6.61 Å². The van der Waals surface area contributed by atoms with Crippen LogP contribution < -0.4 is 0 Å². The molecule has 1 aliphatic heterocycles. The van der Waals surface area contributed by atoms with E-state index in [0.29, 0.717) is 10.6 Å². The molecule has 1 saturated heterocycles. The Morgan fingerprint density at radius 2 is 2.19 bits per heavy atom. The highest BCUT2D eigenvalue weighted by Gasteiger charge is 2.43. The fourth-order valence-electron chi connectivity index (χ4n) is 2.50. The molecule has 1 aromatic carbocycles. The van der Waals surface area contributed by atoms with E-state index < -0.39 is 18.1 Å². The standard InChI is InChI=1S/C14H15BrClNO4/c1-7(2)17-11(18)6-21-13(14(19)20)12(17)9-4-3-8(15)5-10(9)16/h3-5,7,12-13H,6H2,1-2H3,(H,19,20). The fourth-order valence-corrected chi connectivity index (χ4v) is 3.28. The molecule has 0 radical (unpaired) electrons. The number of ether oxygens (including phenoxy) is 1. The molecular formula is C14H15BrClNO4. The monoisotopic (exact) mass is 375 g/mol. The van der Waals surface area contributed by atoms with Crippen molar-refractivity contribution in [2.45, 2.75) is 32.0 Å². The van der Waals surface area contributed by atoms with Gasteiger partial charge in [-0.25, -0.2) is 4.79 Å². The molecule has 7 heteroatoms. The van der Waals surface area contributed by atoms with Crippen LogP contribution in [0.4, 0.5) is 0 Å². The molecule has 114 valence electrons. The Morgan fingerprint density at radius 3 is 2.71 bits per heavy atom. The van der Waals surface area contributed by atoms with E-state index in [0.717, 1.165) is 4.47 Å². The molecule has 0 aromatic heterocycles. The number of carboxylic acids is 1. The summed E-state index contributed by atoms with van der Waals surface area (Å²) in [4.78, 5) is 25.1. The molecular weight excluding hydrogens is 362 g/mol. The highest BCUT2D eigenvalue weighted by atomic mass is 79.9. The van der Waals surface area contributed by atoms with Crippen molar-refractivity contribution in [3.63, 3.8) is 0 Å². The van der Waals surface area contributed by atoms with Gasteiger partial charge in [-0.2, -0.15) is 0 Å². The van der Waals surface area contributed by atoms with Crippen LogP contribution in [0.3, 0.4) is 0 Å². The van der Waals surface area contributed by atoms with Gasteiger partial charge in [0.2, 0.25) is 5.91 Å². The summed E-state index contributed by atoms with van der Waals surface area (Å²) in [5, 5.41) is 9.78. The van der Waals surface area contributed by atoms with Crippen LogP contribution in [0.1, 0.15) is 25.5 Å². The van der Waals surface area contributed by atoms with Gasteiger partial charge < -0.3 is 14.7 Å². The lowest BCUT2D eigenvalue weighted by molar-refractivity contribution is -0.175. The molecule has 21 heavy (non-hydrogen) atoms. The zero-order valence-electron chi connectivity index (χ0n) is 11.5. The van der Waals surface area contributed by atoms with Gasteiger partial charge >= 0.3 is 5.97 Å². The summed E-state index contributed by atoms with van der Waals surface area (Å²) in [5.74, 6) is -1.36. The second-order valence-corrected chi connectivity index (χ2v) is 6.40. The number of morpholine rings is 1. The largest absolute Gasteiger partial charge is 0.479 e. The van der Waals surface area contributed by atoms with E-state index in [1.807, 2.05) is 13.8 Å². The van der Waals surface area contributed by atoms with Crippen LogP contribution in [0.5, 0.6) is 0 Å². The van der Waals surface area contributed by atoms with Crippen LogP contribution in [0.25, 0.3) is 0 Å². The van der Waals surface area contributed by atoms with Gasteiger partial charge in [-0.3, -0.25) is 4.79 Å². The lowest BCUT2D eigenvalue weighted by Gasteiger charge is -2.42. The third-order valence-electron chi connectivity index (χ3n) is 3.34. The van der Waals surface area contributed by atoms with Crippen molar-refractivity contribution in [2.24, 2.45) is 0 Å². The maximum Gasteiger partial charge on any atom is 0.335 e. The van der Waals surface area contributed by atoms with Crippen LogP contribution in [0.2, 0.25) is 5.02 Å².